The molecule has 0 radical (unpaired) electrons. The van der Waals surface area contributed by atoms with Crippen LogP contribution in [-0.2, 0) is 16.1 Å². The Kier molecular flexibility index (Phi) is 4.93. The van der Waals surface area contributed by atoms with Crippen molar-refractivity contribution in [3.63, 3.8) is 0 Å². The third-order valence-electron chi connectivity index (χ3n) is 5.08. The van der Waals surface area contributed by atoms with E-state index in [0.717, 1.165) is 22.6 Å². The maximum Gasteiger partial charge on any atom is 0.246 e. The molecule has 142 valence electrons. The average molecular weight is 374 g/mol. The molecule has 2 amide bonds. The van der Waals surface area contributed by atoms with Crippen molar-refractivity contribution in [1.82, 2.24) is 14.5 Å². The molecule has 4 rings (SSSR count). The van der Waals surface area contributed by atoms with Crippen LogP contribution in [0.5, 0.6) is 0 Å². The van der Waals surface area contributed by atoms with Crippen molar-refractivity contribution in [2.45, 2.75) is 13.5 Å². The first-order chi connectivity index (χ1) is 13.6. The van der Waals surface area contributed by atoms with Crippen molar-refractivity contribution in [2.24, 2.45) is 0 Å². The van der Waals surface area contributed by atoms with Crippen LogP contribution < -0.4 is 4.90 Å². The number of para-hydroxylation sites is 1. The number of hydrogen-bond donors (Lipinski definition) is 0. The molecule has 6 heteroatoms. The maximum absolute atomic E-state index is 12.9. The third-order valence-corrected chi connectivity index (χ3v) is 5.08. The fraction of sp³-hybridized carbons (Fsp3) is 0.227. The van der Waals surface area contributed by atoms with Crippen LogP contribution in [0.25, 0.3) is 11.1 Å². The van der Waals surface area contributed by atoms with Crippen LogP contribution in [0.1, 0.15) is 5.82 Å². The lowest BCUT2D eigenvalue weighted by atomic mass is 10.0. The maximum atomic E-state index is 12.9. The summed E-state index contributed by atoms with van der Waals surface area (Å²) >= 11 is 0. The number of benzene rings is 2. The Morgan fingerprint density at radius 1 is 1.04 bits per heavy atom. The first kappa shape index (κ1) is 18.0. The standard InChI is InChI=1S/C22H22N4O2/c1-17-23-11-12-24(17)15-21(27)25-13-14-26(22(28)16-25)20-10-6-5-9-19(20)18-7-3-2-4-8-18/h2-12H,13-16H2,1H3. The minimum Gasteiger partial charge on any atom is -0.330 e. The fourth-order valence-corrected chi connectivity index (χ4v) is 3.53. The summed E-state index contributed by atoms with van der Waals surface area (Å²) in [5.74, 6) is 0.658. The van der Waals surface area contributed by atoms with Crippen molar-refractivity contribution >= 4 is 17.5 Å². The first-order valence-corrected chi connectivity index (χ1v) is 9.34. The lowest BCUT2D eigenvalue weighted by Crippen LogP contribution is -2.53. The molecule has 1 saturated heterocycles. The van der Waals surface area contributed by atoms with Crippen LogP contribution in [0.15, 0.2) is 67.0 Å². The summed E-state index contributed by atoms with van der Waals surface area (Å²) in [5.41, 5.74) is 2.97. The van der Waals surface area contributed by atoms with Gasteiger partial charge >= 0.3 is 0 Å². The molecule has 3 aromatic rings. The van der Waals surface area contributed by atoms with E-state index in [-0.39, 0.29) is 24.9 Å². The van der Waals surface area contributed by atoms with Gasteiger partial charge in [0.1, 0.15) is 18.9 Å². The zero-order valence-corrected chi connectivity index (χ0v) is 15.8. The lowest BCUT2D eigenvalue weighted by Gasteiger charge is -2.35. The molecule has 0 N–H and O–H groups in total. The van der Waals surface area contributed by atoms with E-state index >= 15 is 0 Å². The van der Waals surface area contributed by atoms with Gasteiger partial charge in [-0.25, -0.2) is 4.98 Å². The minimum atomic E-state index is -0.0645. The van der Waals surface area contributed by atoms with Gasteiger partial charge in [0.15, 0.2) is 0 Å². The Morgan fingerprint density at radius 2 is 1.79 bits per heavy atom. The Hall–Kier alpha value is -3.41. The molecule has 1 fully saturated rings. The molecule has 2 aromatic carbocycles. The SMILES string of the molecule is Cc1nccn1CC(=O)N1CCN(c2ccccc2-c2ccccc2)C(=O)C1. The zero-order valence-electron chi connectivity index (χ0n) is 15.8. The molecule has 1 aliphatic rings. The topological polar surface area (TPSA) is 58.4 Å². The Morgan fingerprint density at radius 3 is 2.50 bits per heavy atom. The van der Waals surface area contributed by atoms with E-state index in [1.54, 1.807) is 26.8 Å². The van der Waals surface area contributed by atoms with Gasteiger partial charge in [-0.2, -0.15) is 0 Å². The van der Waals surface area contributed by atoms with Crippen LogP contribution in [0, 0.1) is 6.92 Å². The summed E-state index contributed by atoms with van der Waals surface area (Å²) in [6.45, 7) is 3.16. The molecule has 0 bridgehead atoms. The van der Waals surface area contributed by atoms with Gasteiger partial charge in [0, 0.05) is 31.0 Å². The van der Waals surface area contributed by atoms with E-state index < -0.39 is 0 Å². The highest BCUT2D eigenvalue weighted by atomic mass is 16.2. The quantitative estimate of drug-likeness (QED) is 0.706. The summed E-state index contributed by atoms with van der Waals surface area (Å²) in [5, 5.41) is 0. The summed E-state index contributed by atoms with van der Waals surface area (Å²) in [4.78, 5) is 33.0. The van der Waals surface area contributed by atoms with Gasteiger partial charge in [-0.1, -0.05) is 48.5 Å². The second-order valence-corrected chi connectivity index (χ2v) is 6.85. The smallest absolute Gasteiger partial charge is 0.246 e. The molecule has 2 heterocycles. The molecule has 0 atom stereocenters. The van der Waals surface area contributed by atoms with Crippen LogP contribution in [0.3, 0.4) is 0 Å². The molecule has 0 aliphatic carbocycles. The summed E-state index contributed by atoms with van der Waals surface area (Å²) in [6.07, 6.45) is 3.45. The number of hydrogen-bond acceptors (Lipinski definition) is 3. The van der Waals surface area contributed by atoms with Crippen molar-refractivity contribution in [1.29, 1.82) is 0 Å². The number of rotatable bonds is 4. The summed E-state index contributed by atoms with van der Waals surface area (Å²) in [6, 6.07) is 17.9. The van der Waals surface area contributed by atoms with Gasteiger partial charge < -0.3 is 14.4 Å². The Bertz CT molecular complexity index is 997. The van der Waals surface area contributed by atoms with Gasteiger partial charge in [0.2, 0.25) is 11.8 Å². The number of aromatic nitrogens is 2. The first-order valence-electron chi connectivity index (χ1n) is 9.34. The van der Waals surface area contributed by atoms with E-state index in [0.29, 0.717) is 13.1 Å². The molecular weight excluding hydrogens is 352 g/mol. The van der Waals surface area contributed by atoms with Crippen LogP contribution in [0.2, 0.25) is 0 Å². The number of carbonyl (C=O) groups excluding carboxylic acids is 2. The Labute approximate surface area is 164 Å². The molecule has 6 nitrogen and oxygen atoms in total. The largest absolute Gasteiger partial charge is 0.330 e. The van der Waals surface area contributed by atoms with E-state index in [1.807, 2.05) is 61.5 Å². The number of anilines is 1. The fourth-order valence-electron chi connectivity index (χ4n) is 3.53. The highest BCUT2D eigenvalue weighted by molar-refractivity contribution is 6.01. The van der Waals surface area contributed by atoms with Gasteiger partial charge in [0.05, 0.1) is 5.69 Å². The molecule has 1 aliphatic heterocycles. The van der Waals surface area contributed by atoms with Crippen molar-refractivity contribution in [3.05, 3.63) is 72.8 Å². The molecule has 0 unspecified atom stereocenters. The van der Waals surface area contributed by atoms with Gasteiger partial charge in [-0.3, -0.25) is 9.59 Å². The number of aryl methyl sites for hydroxylation is 1. The number of nitrogens with zero attached hydrogens (tertiary/aromatic N) is 4. The summed E-state index contributed by atoms with van der Waals surface area (Å²) in [7, 11) is 0. The van der Waals surface area contributed by atoms with E-state index in [4.69, 9.17) is 0 Å². The number of piperazine rings is 1. The number of imidazole rings is 1. The van der Waals surface area contributed by atoms with Gasteiger partial charge in [-0.05, 0) is 18.6 Å². The lowest BCUT2D eigenvalue weighted by molar-refractivity contribution is -0.137. The summed E-state index contributed by atoms with van der Waals surface area (Å²) < 4.78 is 1.80. The van der Waals surface area contributed by atoms with Gasteiger partial charge in [-0.15, -0.1) is 0 Å². The van der Waals surface area contributed by atoms with Crippen molar-refractivity contribution in [3.8, 4) is 11.1 Å². The predicted molar refractivity (Wildman–Crippen MR) is 108 cm³/mol. The van der Waals surface area contributed by atoms with Crippen molar-refractivity contribution < 1.29 is 9.59 Å². The second-order valence-electron chi connectivity index (χ2n) is 6.85. The third kappa shape index (κ3) is 3.53. The monoisotopic (exact) mass is 374 g/mol. The van der Waals surface area contributed by atoms with E-state index in [9.17, 15) is 9.59 Å². The van der Waals surface area contributed by atoms with E-state index in [1.165, 1.54) is 0 Å². The Balaban J connectivity index is 1.51. The number of carbonyl (C=O) groups is 2. The highest BCUT2D eigenvalue weighted by Gasteiger charge is 2.29. The normalized spacial score (nSPS) is 14.4. The van der Waals surface area contributed by atoms with Crippen LogP contribution in [0.4, 0.5) is 5.69 Å². The minimum absolute atomic E-state index is 0.0644. The van der Waals surface area contributed by atoms with Crippen LogP contribution in [-0.4, -0.2) is 45.9 Å². The molecular formula is C22H22N4O2. The van der Waals surface area contributed by atoms with E-state index in [2.05, 4.69) is 4.98 Å². The van der Waals surface area contributed by atoms with Crippen molar-refractivity contribution in [2.75, 3.05) is 24.5 Å². The molecule has 28 heavy (non-hydrogen) atoms. The predicted octanol–water partition coefficient (Wildman–Crippen LogP) is 2.73. The number of amides is 2. The second kappa shape index (κ2) is 7.68. The molecule has 0 saturated carbocycles. The van der Waals surface area contributed by atoms with Gasteiger partial charge in [0.25, 0.3) is 0 Å². The van der Waals surface area contributed by atoms with Crippen LogP contribution >= 0.6 is 0 Å². The zero-order chi connectivity index (χ0) is 19.5. The molecule has 0 spiro atoms. The molecule has 1 aromatic heterocycles. The average Bonchev–Trinajstić information content (AvgIpc) is 3.13. The highest BCUT2D eigenvalue weighted by Crippen LogP contribution is 2.31.